The highest BCUT2D eigenvalue weighted by atomic mass is 16.5. The standard InChI is InChI=1S/C12H19NO3/c1-9-8-15-10(2)5-13(9)6-11-3-4-12(7-14)16-11/h3-4,9-10,14H,5-8H2,1-2H3. The zero-order chi connectivity index (χ0) is 11.5. The summed E-state index contributed by atoms with van der Waals surface area (Å²) in [6.07, 6.45) is 0.281. The first-order valence-corrected chi connectivity index (χ1v) is 5.73. The number of hydrogen-bond acceptors (Lipinski definition) is 4. The van der Waals surface area contributed by atoms with E-state index in [1.807, 2.05) is 12.1 Å². The molecule has 0 aromatic carbocycles. The number of morpholine rings is 1. The molecule has 1 aromatic heterocycles. The normalized spacial score (nSPS) is 27.2. The third-order valence-corrected chi connectivity index (χ3v) is 2.97. The van der Waals surface area contributed by atoms with E-state index in [2.05, 4.69) is 18.7 Å². The number of furan rings is 1. The predicted molar refractivity (Wildman–Crippen MR) is 59.9 cm³/mol. The highest BCUT2D eigenvalue weighted by Crippen LogP contribution is 2.17. The lowest BCUT2D eigenvalue weighted by atomic mass is 10.2. The Labute approximate surface area is 95.8 Å². The van der Waals surface area contributed by atoms with Crippen molar-refractivity contribution in [3.05, 3.63) is 23.7 Å². The van der Waals surface area contributed by atoms with Crippen LogP contribution in [0, 0.1) is 0 Å². The van der Waals surface area contributed by atoms with E-state index >= 15 is 0 Å². The van der Waals surface area contributed by atoms with E-state index in [0.717, 1.165) is 25.5 Å². The lowest BCUT2D eigenvalue weighted by Gasteiger charge is -2.36. The molecule has 1 aliphatic rings. The molecule has 90 valence electrons. The SMILES string of the molecule is CC1CN(Cc2ccc(CO)o2)C(C)CO1. The van der Waals surface area contributed by atoms with Crippen LogP contribution in [0.4, 0.5) is 0 Å². The third-order valence-electron chi connectivity index (χ3n) is 2.97. The highest BCUT2D eigenvalue weighted by Gasteiger charge is 2.24. The molecule has 0 saturated carbocycles. The molecule has 4 nitrogen and oxygen atoms in total. The second-order valence-electron chi connectivity index (χ2n) is 4.45. The van der Waals surface area contributed by atoms with Gasteiger partial charge in [0.2, 0.25) is 0 Å². The van der Waals surface area contributed by atoms with Crippen molar-refractivity contribution < 1.29 is 14.3 Å². The summed E-state index contributed by atoms with van der Waals surface area (Å²) < 4.78 is 11.1. The molecular weight excluding hydrogens is 206 g/mol. The fraction of sp³-hybridized carbons (Fsp3) is 0.667. The van der Waals surface area contributed by atoms with Gasteiger partial charge in [-0.1, -0.05) is 0 Å². The van der Waals surface area contributed by atoms with Gasteiger partial charge in [0.15, 0.2) is 0 Å². The van der Waals surface area contributed by atoms with Crippen LogP contribution in [-0.4, -0.2) is 35.3 Å². The van der Waals surface area contributed by atoms with Crippen LogP contribution in [0.5, 0.6) is 0 Å². The topological polar surface area (TPSA) is 45.8 Å². The van der Waals surface area contributed by atoms with Gasteiger partial charge in [-0.25, -0.2) is 0 Å². The van der Waals surface area contributed by atoms with Crippen LogP contribution in [-0.2, 0) is 17.9 Å². The van der Waals surface area contributed by atoms with Gasteiger partial charge in [0.05, 0.1) is 19.3 Å². The first kappa shape index (κ1) is 11.6. The van der Waals surface area contributed by atoms with Crippen LogP contribution in [0.1, 0.15) is 25.4 Å². The van der Waals surface area contributed by atoms with E-state index in [-0.39, 0.29) is 12.7 Å². The van der Waals surface area contributed by atoms with E-state index in [1.54, 1.807) is 0 Å². The van der Waals surface area contributed by atoms with Gasteiger partial charge in [0.1, 0.15) is 18.1 Å². The van der Waals surface area contributed by atoms with Crippen molar-refractivity contribution in [3.8, 4) is 0 Å². The van der Waals surface area contributed by atoms with Crippen molar-refractivity contribution in [3.63, 3.8) is 0 Å². The summed E-state index contributed by atoms with van der Waals surface area (Å²) in [4.78, 5) is 2.34. The van der Waals surface area contributed by atoms with Gasteiger partial charge in [-0.05, 0) is 26.0 Å². The van der Waals surface area contributed by atoms with Gasteiger partial charge in [-0.15, -0.1) is 0 Å². The van der Waals surface area contributed by atoms with Crippen LogP contribution in [0.3, 0.4) is 0 Å². The number of rotatable bonds is 3. The van der Waals surface area contributed by atoms with Crippen molar-refractivity contribution >= 4 is 0 Å². The molecule has 0 bridgehead atoms. The largest absolute Gasteiger partial charge is 0.462 e. The van der Waals surface area contributed by atoms with E-state index < -0.39 is 0 Å². The second-order valence-corrected chi connectivity index (χ2v) is 4.45. The lowest BCUT2D eigenvalue weighted by molar-refractivity contribution is -0.0547. The second kappa shape index (κ2) is 4.99. The fourth-order valence-corrected chi connectivity index (χ4v) is 1.98. The summed E-state index contributed by atoms with van der Waals surface area (Å²) in [5.74, 6) is 1.54. The summed E-state index contributed by atoms with van der Waals surface area (Å²) >= 11 is 0. The molecule has 1 aliphatic heterocycles. The Hall–Kier alpha value is -0.840. The predicted octanol–water partition coefficient (Wildman–Crippen LogP) is 1.38. The molecule has 0 spiro atoms. The zero-order valence-electron chi connectivity index (χ0n) is 9.85. The fourth-order valence-electron chi connectivity index (χ4n) is 1.98. The number of aliphatic hydroxyl groups is 1. The Kier molecular flexibility index (Phi) is 3.63. The number of nitrogens with zero attached hydrogens (tertiary/aromatic N) is 1. The number of aliphatic hydroxyl groups excluding tert-OH is 1. The summed E-state index contributed by atoms with van der Waals surface area (Å²) in [6.45, 7) is 6.69. The molecule has 0 radical (unpaired) electrons. The average Bonchev–Trinajstić information content (AvgIpc) is 2.71. The molecule has 0 amide bonds. The molecule has 2 atom stereocenters. The Morgan fingerprint density at radius 3 is 2.81 bits per heavy atom. The summed E-state index contributed by atoms with van der Waals surface area (Å²) in [6, 6.07) is 4.17. The van der Waals surface area contributed by atoms with Crippen LogP contribution in [0.25, 0.3) is 0 Å². The van der Waals surface area contributed by atoms with Crippen molar-refractivity contribution in [1.29, 1.82) is 0 Å². The monoisotopic (exact) mass is 225 g/mol. The zero-order valence-corrected chi connectivity index (χ0v) is 9.85. The van der Waals surface area contributed by atoms with Crippen molar-refractivity contribution in [1.82, 2.24) is 4.90 Å². The minimum absolute atomic E-state index is 0.0327. The first-order chi connectivity index (χ1) is 7.69. The highest BCUT2D eigenvalue weighted by molar-refractivity contribution is 5.06. The molecular formula is C12H19NO3. The number of ether oxygens (including phenoxy) is 1. The maximum Gasteiger partial charge on any atom is 0.129 e. The van der Waals surface area contributed by atoms with Gasteiger partial charge in [-0.3, -0.25) is 4.90 Å². The Morgan fingerprint density at radius 1 is 1.38 bits per heavy atom. The summed E-state index contributed by atoms with van der Waals surface area (Å²) in [5.41, 5.74) is 0. The maximum atomic E-state index is 8.92. The number of hydrogen-bond donors (Lipinski definition) is 1. The molecule has 4 heteroatoms. The van der Waals surface area contributed by atoms with Gasteiger partial charge >= 0.3 is 0 Å². The molecule has 2 heterocycles. The minimum atomic E-state index is -0.0327. The minimum Gasteiger partial charge on any atom is -0.462 e. The molecule has 16 heavy (non-hydrogen) atoms. The van der Waals surface area contributed by atoms with Crippen molar-refractivity contribution in [2.75, 3.05) is 13.2 Å². The molecule has 0 aliphatic carbocycles. The third kappa shape index (κ3) is 2.64. The molecule has 1 saturated heterocycles. The quantitative estimate of drug-likeness (QED) is 0.844. The molecule has 2 rings (SSSR count). The Morgan fingerprint density at radius 2 is 2.12 bits per heavy atom. The van der Waals surface area contributed by atoms with Crippen LogP contribution in [0.15, 0.2) is 16.5 Å². The van der Waals surface area contributed by atoms with Crippen LogP contribution < -0.4 is 0 Å². The van der Waals surface area contributed by atoms with Crippen LogP contribution >= 0.6 is 0 Å². The van der Waals surface area contributed by atoms with Crippen LogP contribution in [0.2, 0.25) is 0 Å². The summed E-state index contributed by atoms with van der Waals surface area (Å²) in [5, 5.41) is 8.92. The van der Waals surface area contributed by atoms with Crippen molar-refractivity contribution in [2.24, 2.45) is 0 Å². The summed E-state index contributed by atoms with van der Waals surface area (Å²) in [7, 11) is 0. The van der Waals surface area contributed by atoms with Crippen molar-refractivity contribution in [2.45, 2.75) is 39.1 Å². The Balaban J connectivity index is 1.97. The van der Waals surface area contributed by atoms with Gasteiger partial charge in [0, 0.05) is 12.6 Å². The average molecular weight is 225 g/mol. The Bertz CT molecular complexity index is 337. The van der Waals surface area contributed by atoms with E-state index in [1.165, 1.54) is 0 Å². The molecule has 1 aromatic rings. The smallest absolute Gasteiger partial charge is 0.129 e. The van der Waals surface area contributed by atoms with Gasteiger partial charge < -0.3 is 14.3 Å². The van der Waals surface area contributed by atoms with E-state index in [0.29, 0.717) is 11.8 Å². The first-order valence-electron chi connectivity index (χ1n) is 5.73. The van der Waals surface area contributed by atoms with Gasteiger partial charge in [0.25, 0.3) is 0 Å². The van der Waals surface area contributed by atoms with Gasteiger partial charge in [-0.2, -0.15) is 0 Å². The molecule has 1 N–H and O–H groups in total. The van der Waals surface area contributed by atoms with E-state index in [4.69, 9.17) is 14.3 Å². The molecule has 1 fully saturated rings. The lowest BCUT2D eigenvalue weighted by Crippen LogP contribution is -2.46. The van der Waals surface area contributed by atoms with E-state index in [9.17, 15) is 0 Å². The molecule has 2 unspecified atom stereocenters. The maximum absolute atomic E-state index is 8.92.